The van der Waals surface area contributed by atoms with Gasteiger partial charge in [0, 0.05) is 122 Å². The number of fused-ring (bicyclic) bond motifs is 2. The quantitative estimate of drug-likeness (QED) is 0.196. The first-order valence-electron chi connectivity index (χ1n) is 19.7. The fourth-order valence-electron chi connectivity index (χ4n) is 10.8. The second-order valence-electron chi connectivity index (χ2n) is 17.2. The van der Waals surface area contributed by atoms with Crippen LogP contribution in [0.5, 0.6) is 11.8 Å². The Morgan fingerprint density at radius 2 is 1.00 bits per heavy atom. The number of likely N-dealkylation sites (tertiary alicyclic amines) is 4. The Kier molecular flexibility index (Phi) is 8.49. The van der Waals surface area contributed by atoms with Gasteiger partial charge in [-0.15, -0.1) is 0 Å². The highest BCUT2D eigenvalue weighted by atomic mass is 35.5. The zero-order valence-electron chi connectivity index (χ0n) is 32.3. The lowest BCUT2D eigenvalue weighted by atomic mass is 9.72. The second kappa shape index (κ2) is 13.2. The average molecular weight is 794 g/mol. The minimum atomic E-state index is 0.164. The van der Waals surface area contributed by atoms with E-state index in [-0.39, 0.29) is 34.7 Å². The number of benzene rings is 2. The minimum absolute atomic E-state index is 0.164. The monoisotopic (exact) mass is 792 g/mol. The molecule has 12 heteroatoms. The van der Waals surface area contributed by atoms with Crippen LogP contribution in [-0.2, 0) is 22.4 Å². The number of aromatic nitrogens is 2. The van der Waals surface area contributed by atoms with Gasteiger partial charge in [-0.3, -0.25) is 19.4 Å². The number of methoxy groups -OCH3 is 2. The Morgan fingerprint density at radius 3 is 1.36 bits per heavy atom. The third-order valence-corrected chi connectivity index (χ3v) is 14.3. The normalized spacial score (nSPS) is 22.9. The average Bonchev–Trinajstić information content (AvgIpc) is 3.73. The van der Waals surface area contributed by atoms with E-state index < -0.39 is 0 Å². The van der Waals surface area contributed by atoms with Gasteiger partial charge in [0.25, 0.3) is 0 Å². The van der Waals surface area contributed by atoms with Crippen molar-refractivity contribution in [1.29, 1.82) is 0 Å². The van der Waals surface area contributed by atoms with Crippen molar-refractivity contribution in [3.05, 3.63) is 80.8 Å². The standard InChI is InChI=1S/C44H46Cl2N6O4/c1-25(53)49-17-43(18-49)21-51(22-43)35-13-11-27-15-33(47-41(55-3)37(27)35)31-9-5-7-29(39(31)45)30-8-6-10-32(40(30)46)34-16-28-12-14-36(38(28)42(48-34)56-4)52-23-44(24-52)19-50(20-44)26(2)54/h5-10,15-16,35-36H,11-14,17-24H2,1-4H3/t35-,36-/m0/s1. The summed E-state index contributed by atoms with van der Waals surface area (Å²) in [6.07, 6.45) is 3.91. The summed E-state index contributed by atoms with van der Waals surface area (Å²) < 4.78 is 11.9. The molecule has 2 aromatic heterocycles. The number of halogens is 2. The van der Waals surface area contributed by atoms with Gasteiger partial charge in [0.05, 0.1) is 35.7 Å². The number of aryl methyl sites for hydroxylation is 2. The Labute approximate surface area is 337 Å². The first-order chi connectivity index (χ1) is 27.0. The molecule has 2 spiro atoms. The van der Waals surface area contributed by atoms with E-state index in [9.17, 15) is 9.59 Å². The maximum Gasteiger partial charge on any atom is 0.219 e. The Bertz CT molecular complexity index is 2140. The minimum Gasteiger partial charge on any atom is -0.481 e. The van der Waals surface area contributed by atoms with Gasteiger partial charge in [-0.1, -0.05) is 59.6 Å². The van der Waals surface area contributed by atoms with E-state index in [1.165, 1.54) is 22.3 Å². The molecule has 10 nitrogen and oxygen atoms in total. The van der Waals surface area contributed by atoms with E-state index in [0.717, 1.165) is 112 Å². The molecule has 0 N–H and O–H groups in total. The Balaban J connectivity index is 0.909. The predicted molar refractivity (Wildman–Crippen MR) is 216 cm³/mol. The lowest BCUT2D eigenvalue weighted by molar-refractivity contribution is -0.161. The van der Waals surface area contributed by atoms with Crippen molar-refractivity contribution in [3.8, 4) is 45.4 Å². The Morgan fingerprint density at radius 1 is 0.625 bits per heavy atom. The van der Waals surface area contributed by atoms with Crippen LogP contribution in [-0.4, -0.2) is 108 Å². The zero-order valence-corrected chi connectivity index (χ0v) is 33.8. The number of carbonyl (C=O) groups excluding carboxylic acids is 2. The highest BCUT2D eigenvalue weighted by molar-refractivity contribution is 6.39. The number of hydrogen-bond acceptors (Lipinski definition) is 8. The molecule has 4 aromatic rings. The van der Waals surface area contributed by atoms with E-state index in [1.807, 2.05) is 46.2 Å². The molecule has 2 aromatic carbocycles. The molecule has 0 radical (unpaired) electrons. The number of carbonyl (C=O) groups is 2. The molecular formula is C44H46Cl2N6O4. The van der Waals surface area contributed by atoms with E-state index in [4.69, 9.17) is 42.6 Å². The van der Waals surface area contributed by atoms with Crippen molar-refractivity contribution in [1.82, 2.24) is 29.6 Å². The third kappa shape index (κ3) is 5.57. The summed E-state index contributed by atoms with van der Waals surface area (Å²) in [4.78, 5) is 42.6. The predicted octanol–water partition coefficient (Wildman–Crippen LogP) is 7.10. The molecule has 4 saturated heterocycles. The van der Waals surface area contributed by atoms with Crippen molar-refractivity contribution in [2.75, 3.05) is 66.6 Å². The smallest absolute Gasteiger partial charge is 0.219 e. The van der Waals surface area contributed by atoms with Crippen LogP contribution in [0.3, 0.4) is 0 Å². The van der Waals surface area contributed by atoms with Crippen molar-refractivity contribution in [3.63, 3.8) is 0 Å². The molecule has 2 atom stereocenters. The van der Waals surface area contributed by atoms with Crippen molar-refractivity contribution in [2.45, 2.75) is 51.6 Å². The summed E-state index contributed by atoms with van der Waals surface area (Å²) in [6, 6.07) is 16.9. The molecular weight excluding hydrogens is 747 g/mol. The fraction of sp³-hybridized carbons (Fsp3) is 0.455. The lowest BCUT2D eigenvalue weighted by Gasteiger charge is -2.61. The number of pyridine rings is 2. The van der Waals surface area contributed by atoms with E-state index >= 15 is 0 Å². The number of rotatable bonds is 7. The molecule has 6 heterocycles. The molecule has 2 aliphatic carbocycles. The van der Waals surface area contributed by atoms with Crippen molar-refractivity contribution >= 4 is 35.0 Å². The van der Waals surface area contributed by atoms with Gasteiger partial charge < -0.3 is 19.3 Å². The van der Waals surface area contributed by atoms with Crippen LogP contribution in [0.2, 0.25) is 10.0 Å². The molecule has 4 aliphatic heterocycles. The highest BCUT2D eigenvalue weighted by Crippen LogP contribution is 2.52. The van der Waals surface area contributed by atoms with Crippen LogP contribution in [0.4, 0.5) is 0 Å². The fourth-order valence-corrected chi connectivity index (χ4v) is 11.4. The molecule has 0 saturated carbocycles. The number of nitrogens with zero attached hydrogens (tertiary/aromatic N) is 6. The van der Waals surface area contributed by atoms with Crippen LogP contribution in [0.25, 0.3) is 33.6 Å². The number of ether oxygens (including phenoxy) is 2. The lowest BCUT2D eigenvalue weighted by Crippen LogP contribution is -2.72. The van der Waals surface area contributed by atoms with E-state index in [0.29, 0.717) is 21.8 Å². The number of hydrogen-bond donors (Lipinski definition) is 0. The van der Waals surface area contributed by atoms with Crippen LogP contribution >= 0.6 is 23.2 Å². The molecule has 0 bridgehead atoms. The molecule has 0 unspecified atom stereocenters. The molecule has 10 rings (SSSR count). The summed E-state index contributed by atoms with van der Waals surface area (Å²) in [6.45, 7) is 10.7. The summed E-state index contributed by atoms with van der Waals surface area (Å²) in [5.74, 6) is 1.63. The summed E-state index contributed by atoms with van der Waals surface area (Å²) in [5.41, 5.74) is 10.2. The van der Waals surface area contributed by atoms with Crippen LogP contribution in [0.15, 0.2) is 48.5 Å². The van der Waals surface area contributed by atoms with Gasteiger partial charge in [0.15, 0.2) is 0 Å². The molecule has 4 fully saturated rings. The van der Waals surface area contributed by atoms with Gasteiger partial charge >= 0.3 is 0 Å². The molecule has 290 valence electrons. The van der Waals surface area contributed by atoms with Crippen LogP contribution in [0.1, 0.15) is 61.0 Å². The highest BCUT2D eigenvalue weighted by Gasteiger charge is 2.56. The summed E-state index contributed by atoms with van der Waals surface area (Å²) in [5, 5.41) is 1.15. The first kappa shape index (κ1) is 36.1. The van der Waals surface area contributed by atoms with Gasteiger partial charge in [0.2, 0.25) is 23.6 Å². The van der Waals surface area contributed by atoms with Crippen LogP contribution in [0, 0.1) is 10.8 Å². The summed E-state index contributed by atoms with van der Waals surface area (Å²) >= 11 is 14.6. The zero-order chi connectivity index (χ0) is 38.7. The maximum absolute atomic E-state index is 11.8. The molecule has 2 amide bonds. The largest absolute Gasteiger partial charge is 0.481 e. The van der Waals surface area contributed by atoms with Crippen LogP contribution < -0.4 is 9.47 Å². The topological polar surface area (TPSA) is 91.3 Å². The summed E-state index contributed by atoms with van der Waals surface area (Å²) in [7, 11) is 3.39. The van der Waals surface area contributed by atoms with E-state index in [1.54, 1.807) is 28.1 Å². The van der Waals surface area contributed by atoms with Gasteiger partial charge in [-0.2, -0.15) is 0 Å². The third-order valence-electron chi connectivity index (χ3n) is 13.5. The van der Waals surface area contributed by atoms with Gasteiger partial charge in [0.1, 0.15) is 0 Å². The number of amides is 2. The van der Waals surface area contributed by atoms with Gasteiger partial charge in [-0.05, 0) is 48.9 Å². The SMILES string of the molecule is COc1nc(-c2cccc(-c3cccc(-c4cc5c(c(OC)n4)[C@@H](N4CC6(CN(C(C)=O)C6)C4)CC5)c3Cl)c2Cl)cc2c1[C@@H](N1CC3(CN(C(C)=O)C3)C1)CC2. The second-order valence-corrected chi connectivity index (χ2v) is 17.9. The van der Waals surface area contributed by atoms with Crippen molar-refractivity contribution in [2.24, 2.45) is 10.8 Å². The van der Waals surface area contributed by atoms with Gasteiger partial charge in [-0.25, -0.2) is 9.97 Å². The van der Waals surface area contributed by atoms with Crippen molar-refractivity contribution < 1.29 is 19.1 Å². The molecule has 56 heavy (non-hydrogen) atoms. The Hall–Kier alpha value is -4.22. The van der Waals surface area contributed by atoms with E-state index in [2.05, 4.69) is 21.9 Å². The maximum atomic E-state index is 11.8. The first-order valence-corrected chi connectivity index (χ1v) is 20.5. The molecule has 6 aliphatic rings.